The third-order valence-corrected chi connectivity index (χ3v) is 4.28. The van der Waals surface area contributed by atoms with Gasteiger partial charge in [0.25, 0.3) is 10.0 Å². The van der Waals surface area contributed by atoms with Crippen molar-refractivity contribution in [2.75, 3.05) is 10.5 Å². The summed E-state index contributed by atoms with van der Waals surface area (Å²) in [5.41, 5.74) is 6.48. The molecule has 0 aliphatic rings. The molecular weight excluding hydrogens is 286 g/mol. The number of nitrogens with two attached hydrogens (primary N) is 1. The first-order valence-corrected chi connectivity index (χ1v) is 7.26. The molecule has 1 aromatic carbocycles. The summed E-state index contributed by atoms with van der Waals surface area (Å²) >= 11 is 5.78. The predicted molar refractivity (Wildman–Crippen MR) is 75.6 cm³/mol. The molecule has 0 aliphatic carbocycles. The summed E-state index contributed by atoms with van der Waals surface area (Å²) in [7, 11) is -3.79. The van der Waals surface area contributed by atoms with Crippen LogP contribution < -0.4 is 10.5 Å². The number of hydrogen-bond donors (Lipinski definition) is 2. The fourth-order valence-corrected chi connectivity index (χ4v) is 3.21. The summed E-state index contributed by atoms with van der Waals surface area (Å²) in [4.78, 5) is 3.95. The van der Waals surface area contributed by atoms with Gasteiger partial charge in [0.2, 0.25) is 0 Å². The van der Waals surface area contributed by atoms with E-state index in [9.17, 15) is 8.42 Å². The minimum atomic E-state index is -3.79. The van der Waals surface area contributed by atoms with Crippen LogP contribution in [0.4, 0.5) is 11.5 Å². The van der Waals surface area contributed by atoms with Gasteiger partial charge in [0.05, 0.1) is 5.69 Å². The molecule has 0 fully saturated rings. The zero-order chi connectivity index (χ0) is 14.0. The van der Waals surface area contributed by atoms with Crippen molar-refractivity contribution >= 4 is 33.1 Å². The van der Waals surface area contributed by atoms with Crippen molar-refractivity contribution in [1.29, 1.82) is 0 Å². The molecule has 0 bridgehead atoms. The molecule has 2 rings (SSSR count). The van der Waals surface area contributed by atoms with E-state index in [0.29, 0.717) is 10.6 Å². The highest BCUT2D eigenvalue weighted by Crippen LogP contribution is 2.24. The van der Waals surface area contributed by atoms with Gasteiger partial charge in [-0.3, -0.25) is 4.72 Å². The molecule has 100 valence electrons. The van der Waals surface area contributed by atoms with Gasteiger partial charge < -0.3 is 5.73 Å². The maximum atomic E-state index is 12.3. The summed E-state index contributed by atoms with van der Waals surface area (Å²) < 4.78 is 26.9. The molecule has 0 amide bonds. The zero-order valence-corrected chi connectivity index (χ0v) is 11.7. The Morgan fingerprint density at radius 3 is 2.68 bits per heavy atom. The van der Waals surface area contributed by atoms with Crippen molar-refractivity contribution in [3.8, 4) is 0 Å². The number of nitrogens with zero attached hydrogens (tertiary/aromatic N) is 1. The van der Waals surface area contributed by atoms with Gasteiger partial charge in [-0.15, -0.1) is 0 Å². The van der Waals surface area contributed by atoms with Crippen LogP contribution in [0.1, 0.15) is 5.56 Å². The van der Waals surface area contributed by atoms with Crippen molar-refractivity contribution in [2.24, 2.45) is 0 Å². The van der Waals surface area contributed by atoms with Gasteiger partial charge in [0.15, 0.2) is 0 Å². The first-order chi connectivity index (χ1) is 8.90. The Bertz CT molecular complexity index is 696. The van der Waals surface area contributed by atoms with Gasteiger partial charge >= 0.3 is 0 Å². The van der Waals surface area contributed by atoms with Gasteiger partial charge in [-0.1, -0.05) is 23.7 Å². The lowest BCUT2D eigenvalue weighted by Crippen LogP contribution is -2.16. The average Bonchev–Trinajstić information content (AvgIpc) is 2.27. The van der Waals surface area contributed by atoms with E-state index in [0.717, 1.165) is 0 Å². The second-order valence-electron chi connectivity index (χ2n) is 3.96. The fraction of sp³-hybridized carbons (Fsp3) is 0.0833. The lowest BCUT2D eigenvalue weighted by atomic mass is 10.2. The molecule has 3 N–H and O–H groups in total. The molecule has 0 saturated heterocycles. The number of nitrogens with one attached hydrogen (secondary N) is 1. The maximum Gasteiger partial charge on any atom is 0.265 e. The lowest BCUT2D eigenvalue weighted by molar-refractivity contribution is 0.601. The van der Waals surface area contributed by atoms with Gasteiger partial charge in [0, 0.05) is 17.3 Å². The normalized spacial score (nSPS) is 11.3. The molecule has 0 aliphatic heterocycles. The van der Waals surface area contributed by atoms with Crippen LogP contribution in [-0.4, -0.2) is 13.4 Å². The first kappa shape index (κ1) is 13.6. The van der Waals surface area contributed by atoms with Crippen LogP contribution in [0.3, 0.4) is 0 Å². The third-order valence-electron chi connectivity index (χ3n) is 2.47. The number of benzene rings is 1. The third kappa shape index (κ3) is 2.97. The zero-order valence-electron chi connectivity index (χ0n) is 10.1. The van der Waals surface area contributed by atoms with Crippen molar-refractivity contribution in [1.82, 2.24) is 4.98 Å². The quantitative estimate of drug-likeness (QED) is 0.852. The molecule has 7 heteroatoms. The molecule has 0 spiro atoms. The van der Waals surface area contributed by atoms with Crippen molar-refractivity contribution in [3.05, 3.63) is 47.1 Å². The fourth-order valence-electron chi connectivity index (χ4n) is 1.69. The number of sulfonamides is 1. The van der Waals surface area contributed by atoms with E-state index in [2.05, 4.69) is 9.71 Å². The molecule has 1 heterocycles. The smallest absolute Gasteiger partial charge is 0.265 e. The van der Waals surface area contributed by atoms with E-state index in [1.54, 1.807) is 25.1 Å². The van der Waals surface area contributed by atoms with Gasteiger partial charge in [0.1, 0.15) is 10.7 Å². The Morgan fingerprint density at radius 2 is 2.05 bits per heavy atom. The van der Waals surface area contributed by atoms with Gasteiger partial charge in [-0.25, -0.2) is 13.4 Å². The molecule has 2 aromatic rings. The number of hydrogen-bond acceptors (Lipinski definition) is 4. The van der Waals surface area contributed by atoms with Crippen LogP contribution in [0.15, 0.2) is 41.4 Å². The Kier molecular flexibility index (Phi) is 3.64. The number of pyridine rings is 1. The lowest BCUT2D eigenvalue weighted by Gasteiger charge is -2.11. The van der Waals surface area contributed by atoms with Gasteiger partial charge in [-0.2, -0.15) is 0 Å². The molecule has 1 aromatic heterocycles. The summed E-state index contributed by atoms with van der Waals surface area (Å²) in [6.45, 7) is 1.68. The predicted octanol–water partition coefficient (Wildman–Crippen LogP) is 2.43. The molecule has 19 heavy (non-hydrogen) atoms. The minimum Gasteiger partial charge on any atom is -0.398 e. The topological polar surface area (TPSA) is 85.1 Å². The molecular formula is C12H12ClN3O2S. The van der Waals surface area contributed by atoms with Crippen LogP contribution in [-0.2, 0) is 10.0 Å². The van der Waals surface area contributed by atoms with Crippen LogP contribution in [0.5, 0.6) is 0 Å². The Morgan fingerprint density at radius 1 is 1.32 bits per heavy atom. The monoisotopic (exact) mass is 297 g/mol. The van der Waals surface area contributed by atoms with Crippen LogP contribution >= 0.6 is 11.6 Å². The standard InChI is InChI=1S/C12H12ClN3O2S/c1-8-3-2-4-10(14)12(8)19(17,18)16-11-7-9(13)5-6-15-11/h2-7H,14H2,1H3,(H,15,16). The highest BCUT2D eigenvalue weighted by atomic mass is 35.5. The second kappa shape index (κ2) is 5.07. The highest BCUT2D eigenvalue weighted by Gasteiger charge is 2.20. The summed E-state index contributed by atoms with van der Waals surface area (Å²) in [5.74, 6) is 0.148. The Hall–Kier alpha value is -1.79. The number of anilines is 2. The van der Waals surface area contributed by atoms with E-state index in [1.165, 1.54) is 18.3 Å². The maximum absolute atomic E-state index is 12.3. The highest BCUT2D eigenvalue weighted by molar-refractivity contribution is 7.93. The van der Waals surface area contributed by atoms with E-state index in [-0.39, 0.29) is 16.4 Å². The number of aryl methyl sites for hydroxylation is 1. The van der Waals surface area contributed by atoms with Crippen LogP contribution in [0.25, 0.3) is 0 Å². The summed E-state index contributed by atoms with van der Waals surface area (Å²) in [6, 6.07) is 7.89. The van der Waals surface area contributed by atoms with Gasteiger partial charge in [-0.05, 0) is 24.6 Å². The SMILES string of the molecule is Cc1cccc(N)c1S(=O)(=O)Nc1cc(Cl)ccn1. The van der Waals surface area contributed by atoms with E-state index in [4.69, 9.17) is 17.3 Å². The number of nitrogen functional groups attached to an aromatic ring is 1. The summed E-state index contributed by atoms with van der Waals surface area (Å²) in [5, 5.41) is 0.394. The molecule has 0 saturated carbocycles. The molecule has 0 unspecified atom stereocenters. The molecule has 0 atom stereocenters. The van der Waals surface area contributed by atoms with E-state index in [1.807, 2.05) is 0 Å². The number of rotatable bonds is 3. The minimum absolute atomic E-state index is 0.0526. The number of halogens is 1. The average molecular weight is 298 g/mol. The van der Waals surface area contributed by atoms with Crippen LogP contribution in [0.2, 0.25) is 5.02 Å². The first-order valence-electron chi connectivity index (χ1n) is 5.39. The van der Waals surface area contributed by atoms with Crippen LogP contribution in [0, 0.1) is 6.92 Å². The largest absolute Gasteiger partial charge is 0.398 e. The van der Waals surface area contributed by atoms with Crippen molar-refractivity contribution in [2.45, 2.75) is 11.8 Å². The van der Waals surface area contributed by atoms with E-state index >= 15 is 0 Å². The van der Waals surface area contributed by atoms with Crippen molar-refractivity contribution in [3.63, 3.8) is 0 Å². The second-order valence-corrected chi connectivity index (χ2v) is 6.01. The molecule has 5 nitrogen and oxygen atoms in total. The Labute approximate surface area is 116 Å². The summed E-state index contributed by atoms with van der Waals surface area (Å²) in [6.07, 6.45) is 1.42. The Balaban J connectivity index is 2.44. The van der Waals surface area contributed by atoms with Crippen molar-refractivity contribution < 1.29 is 8.42 Å². The number of aromatic nitrogens is 1. The molecule has 0 radical (unpaired) electrons. The van der Waals surface area contributed by atoms with E-state index < -0.39 is 10.0 Å².